The molecular weight excluding hydrogens is 418 g/mol. The van der Waals surface area contributed by atoms with Gasteiger partial charge in [0.25, 0.3) is 0 Å². The molecule has 1 aliphatic rings. The molecule has 0 aromatic heterocycles. The van der Waals surface area contributed by atoms with E-state index in [0.29, 0.717) is 31.6 Å². The summed E-state index contributed by atoms with van der Waals surface area (Å²) in [6.45, 7) is 0.853. The van der Waals surface area contributed by atoms with Crippen LogP contribution in [0.25, 0.3) is 10.8 Å². The molecule has 1 heterocycles. The number of aromatic hydroxyl groups is 1. The van der Waals surface area contributed by atoms with Crippen LogP contribution in [0.15, 0.2) is 66.7 Å². The Kier molecular flexibility index (Phi) is 6.88. The fraction of sp³-hybridized carbons (Fsp3) is 0.269. The van der Waals surface area contributed by atoms with Crippen molar-refractivity contribution in [3.8, 4) is 5.75 Å². The summed E-state index contributed by atoms with van der Waals surface area (Å²) in [5, 5.41) is 17.4. The van der Waals surface area contributed by atoms with Crippen LogP contribution in [0.1, 0.15) is 18.4 Å². The molecule has 3 aromatic rings. The second-order valence-corrected chi connectivity index (χ2v) is 8.25. The van der Waals surface area contributed by atoms with E-state index in [1.165, 1.54) is 6.07 Å². The van der Waals surface area contributed by atoms with Crippen molar-refractivity contribution in [1.82, 2.24) is 10.2 Å². The number of rotatable bonds is 6. The van der Waals surface area contributed by atoms with E-state index in [1.54, 1.807) is 23.1 Å². The molecule has 1 aliphatic heterocycles. The number of likely N-dealkylation sites (tertiary alicyclic amines) is 1. The minimum Gasteiger partial charge on any atom is -0.506 e. The maximum Gasteiger partial charge on any atom is 0.241 e. The zero-order valence-electron chi connectivity index (χ0n) is 18.3. The van der Waals surface area contributed by atoms with Crippen LogP contribution in [0.3, 0.4) is 0 Å². The Labute approximate surface area is 192 Å². The molecule has 0 unspecified atom stereocenters. The second-order valence-electron chi connectivity index (χ2n) is 8.25. The van der Waals surface area contributed by atoms with Crippen LogP contribution in [0.5, 0.6) is 5.75 Å². The number of hydrogen-bond donors (Lipinski definition) is 3. The number of anilines is 1. The molecule has 170 valence electrons. The number of carbonyl (C=O) groups excluding carboxylic acids is 3. The van der Waals surface area contributed by atoms with Crippen molar-refractivity contribution in [2.45, 2.75) is 19.3 Å². The van der Waals surface area contributed by atoms with Crippen LogP contribution < -0.4 is 10.6 Å². The van der Waals surface area contributed by atoms with Gasteiger partial charge in [-0.25, -0.2) is 0 Å². The van der Waals surface area contributed by atoms with Crippen molar-refractivity contribution in [3.05, 3.63) is 72.3 Å². The lowest BCUT2D eigenvalue weighted by atomic mass is 9.95. The van der Waals surface area contributed by atoms with Crippen LogP contribution in [0, 0.1) is 5.92 Å². The van der Waals surface area contributed by atoms with Gasteiger partial charge in [-0.05, 0) is 41.3 Å². The van der Waals surface area contributed by atoms with Crippen LogP contribution in [-0.2, 0) is 20.8 Å². The fourth-order valence-electron chi connectivity index (χ4n) is 4.17. The van der Waals surface area contributed by atoms with Gasteiger partial charge in [0.05, 0.1) is 18.7 Å². The summed E-state index contributed by atoms with van der Waals surface area (Å²) in [5.41, 5.74) is 1.31. The van der Waals surface area contributed by atoms with Crippen molar-refractivity contribution in [2.24, 2.45) is 5.92 Å². The van der Waals surface area contributed by atoms with E-state index >= 15 is 0 Å². The largest absolute Gasteiger partial charge is 0.506 e. The van der Waals surface area contributed by atoms with Crippen molar-refractivity contribution < 1.29 is 19.5 Å². The number of benzene rings is 3. The molecule has 7 nitrogen and oxygen atoms in total. The van der Waals surface area contributed by atoms with Crippen LogP contribution >= 0.6 is 0 Å². The number of nitrogens with one attached hydrogen (secondary N) is 2. The highest BCUT2D eigenvalue weighted by atomic mass is 16.3. The molecule has 7 heteroatoms. The van der Waals surface area contributed by atoms with Crippen molar-refractivity contribution in [1.29, 1.82) is 0 Å². The van der Waals surface area contributed by atoms with Crippen molar-refractivity contribution in [2.75, 3.05) is 25.0 Å². The summed E-state index contributed by atoms with van der Waals surface area (Å²) in [5.74, 6) is -0.711. The van der Waals surface area contributed by atoms with Gasteiger partial charge in [0.15, 0.2) is 0 Å². The second kappa shape index (κ2) is 10.2. The first-order valence-corrected chi connectivity index (χ1v) is 11.1. The molecule has 0 atom stereocenters. The van der Waals surface area contributed by atoms with Gasteiger partial charge >= 0.3 is 0 Å². The number of para-hydroxylation sites is 2. The lowest BCUT2D eigenvalue weighted by Crippen LogP contribution is -2.45. The molecule has 4 rings (SSSR count). The molecule has 0 saturated carbocycles. The van der Waals surface area contributed by atoms with E-state index in [4.69, 9.17) is 0 Å². The molecule has 3 N–H and O–H groups in total. The Morgan fingerprint density at radius 3 is 2.39 bits per heavy atom. The van der Waals surface area contributed by atoms with E-state index in [9.17, 15) is 19.5 Å². The Morgan fingerprint density at radius 2 is 1.61 bits per heavy atom. The standard InChI is InChI=1S/C26H27N3O4/c30-23-11-4-3-10-22(23)28-26(33)19-12-14-29(15-13-19)25(32)17-27-24(31)16-20-8-5-7-18-6-1-2-9-21(18)20/h1-11,19,30H,12-17H2,(H,27,31)(H,28,33). The summed E-state index contributed by atoms with van der Waals surface area (Å²) in [7, 11) is 0. The number of phenols is 1. The molecule has 1 saturated heterocycles. The highest BCUT2D eigenvalue weighted by molar-refractivity contribution is 5.94. The topological polar surface area (TPSA) is 98.7 Å². The van der Waals surface area contributed by atoms with Crippen LogP contribution in [0.2, 0.25) is 0 Å². The highest BCUT2D eigenvalue weighted by Crippen LogP contribution is 2.25. The van der Waals surface area contributed by atoms with Crippen LogP contribution in [-0.4, -0.2) is 47.4 Å². The Bertz CT molecular complexity index is 1160. The predicted octanol–water partition coefficient (Wildman–Crippen LogP) is 3.08. The van der Waals surface area contributed by atoms with Gasteiger partial charge in [0.2, 0.25) is 17.7 Å². The normalized spacial score (nSPS) is 14.1. The number of hydrogen-bond acceptors (Lipinski definition) is 4. The summed E-state index contributed by atoms with van der Waals surface area (Å²) in [4.78, 5) is 39.2. The van der Waals surface area contributed by atoms with Gasteiger partial charge in [0.1, 0.15) is 5.75 Å². The van der Waals surface area contributed by atoms with Gasteiger partial charge in [-0.1, -0.05) is 54.6 Å². The summed E-state index contributed by atoms with van der Waals surface area (Å²) < 4.78 is 0. The number of fused-ring (bicyclic) bond motifs is 1. The molecule has 3 aromatic carbocycles. The van der Waals surface area contributed by atoms with Gasteiger partial charge in [-0.15, -0.1) is 0 Å². The molecule has 0 bridgehead atoms. The zero-order valence-corrected chi connectivity index (χ0v) is 18.3. The average Bonchev–Trinajstić information content (AvgIpc) is 2.84. The van der Waals surface area contributed by atoms with Crippen molar-refractivity contribution >= 4 is 34.2 Å². The third-order valence-electron chi connectivity index (χ3n) is 6.05. The molecule has 0 aliphatic carbocycles. The molecule has 33 heavy (non-hydrogen) atoms. The van der Waals surface area contributed by atoms with Gasteiger partial charge in [0, 0.05) is 19.0 Å². The van der Waals surface area contributed by atoms with E-state index < -0.39 is 0 Å². The van der Waals surface area contributed by atoms with E-state index in [-0.39, 0.29) is 42.4 Å². The predicted molar refractivity (Wildman–Crippen MR) is 127 cm³/mol. The van der Waals surface area contributed by atoms with Crippen molar-refractivity contribution in [3.63, 3.8) is 0 Å². The minimum absolute atomic E-state index is 0.0257. The zero-order chi connectivity index (χ0) is 23.2. The molecule has 1 fully saturated rings. The summed E-state index contributed by atoms with van der Waals surface area (Å²) >= 11 is 0. The molecule has 0 spiro atoms. The van der Waals surface area contributed by atoms with E-state index in [1.807, 2.05) is 42.5 Å². The number of piperidine rings is 1. The Balaban J connectivity index is 1.23. The number of phenolic OH excluding ortho intramolecular Hbond substituents is 1. The lowest BCUT2D eigenvalue weighted by Gasteiger charge is -2.31. The third-order valence-corrected chi connectivity index (χ3v) is 6.05. The van der Waals surface area contributed by atoms with Crippen LogP contribution in [0.4, 0.5) is 5.69 Å². The lowest BCUT2D eigenvalue weighted by molar-refractivity contribution is -0.135. The molecule has 0 radical (unpaired) electrons. The Morgan fingerprint density at radius 1 is 0.909 bits per heavy atom. The first-order chi connectivity index (χ1) is 16.0. The monoisotopic (exact) mass is 445 g/mol. The smallest absolute Gasteiger partial charge is 0.241 e. The summed E-state index contributed by atoms with van der Waals surface area (Å²) in [6, 6.07) is 20.4. The fourth-order valence-corrected chi connectivity index (χ4v) is 4.17. The maximum absolute atomic E-state index is 12.6. The SMILES string of the molecule is O=C(Cc1cccc2ccccc12)NCC(=O)N1CCC(C(=O)Nc2ccccc2O)CC1. The van der Waals surface area contributed by atoms with Gasteiger partial charge in [-0.2, -0.15) is 0 Å². The number of carbonyl (C=O) groups is 3. The molecule has 3 amide bonds. The highest BCUT2D eigenvalue weighted by Gasteiger charge is 2.27. The first-order valence-electron chi connectivity index (χ1n) is 11.1. The van der Waals surface area contributed by atoms with E-state index in [0.717, 1.165) is 16.3 Å². The van der Waals surface area contributed by atoms with Gasteiger partial charge in [-0.3, -0.25) is 14.4 Å². The Hall–Kier alpha value is -3.87. The quantitative estimate of drug-likeness (QED) is 0.508. The minimum atomic E-state index is -0.227. The molecular formula is C26H27N3O4. The number of nitrogens with zero attached hydrogens (tertiary/aromatic N) is 1. The number of amides is 3. The van der Waals surface area contributed by atoms with E-state index in [2.05, 4.69) is 10.6 Å². The first kappa shape index (κ1) is 22.3. The summed E-state index contributed by atoms with van der Waals surface area (Å²) in [6.07, 6.45) is 1.29. The van der Waals surface area contributed by atoms with Gasteiger partial charge < -0.3 is 20.6 Å². The third kappa shape index (κ3) is 5.49. The average molecular weight is 446 g/mol. The maximum atomic E-state index is 12.6.